The predicted molar refractivity (Wildman–Crippen MR) is 98.0 cm³/mol. The molecule has 7 nitrogen and oxygen atoms in total. The standard InChI is InChI=1S/C20H19N3O4/c24-18-11-27-17-7-13(4-5-15(17)21-18)20(26)22-8-12-6-14(10-22)16-2-1-3-19(25)23(16)9-12/h1-5,7,12,14H,6,8-11H2,(H,21,24)/t12-,14+/m0/s1. The third-order valence-electron chi connectivity index (χ3n) is 5.63. The van der Waals surface area contributed by atoms with Crippen molar-refractivity contribution >= 4 is 17.5 Å². The summed E-state index contributed by atoms with van der Waals surface area (Å²) in [7, 11) is 0. The van der Waals surface area contributed by atoms with Gasteiger partial charge in [-0.3, -0.25) is 14.4 Å². The first-order chi connectivity index (χ1) is 13.1. The number of benzene rings is 1. The topological polar surface area (TPSA) is 80.6 Å². The van der Waals surface area contributed by atoms with Gasteiger partial charge in [0, 0.05) is 42.9 Å². The molecule has 27 heavy (non-hydrogen) atoms. The minimum absolute atomic E-state index is 0.0377. The molecule has 1 fully saturated rings. The molecule has 3 aliphatic heterocycles. The number of pyridine rings is 1. The highest BCUT2D eigenvalue weighted by atomic mass is 16.5. The Kier molecular flexibility index (Phi) is 3.56. The van der Waals surface area contributed by atoms with Gasteiger partial charge >= 0.3 is 0 Å². The number of hydrogen-bond donors (Lipinski definition) is 1. The summed E-state index contributed by atoms with van der Waals surface area (Å²) in [5, 5.41) is 2.73. The van der Waals surface area contributed by atoms with Crippen molar-refractivity contribution in [1.82, 2.24) is 9.47 Å². The lowest BCUT2D eigenvalue weighted by molar-refractivity contribution is -0.118. The number of carbonyl (C=O) groups is 2. The minimum Gasteiger partial charge on any atom is -0.482 e. The van der Waals surface area contributed by atoms with Crippen molar-refractivity contribution in [3.8, 4) is 5.75 Å². The normalized spacial score (nSPS) is 23.0. The van der Waals surface area contributed by atoms with Crippen LogP contribution in [0.4, 0.5) is 5.69 Å². The van der Waals surface area contributed by atoms with Crippen molar-refractivity contribution in [3.05, 3.63) is 58.0 Å². The Labute approximate surface area is 155 Å². The molecule has 5 rings (SSSR count). The van der Waals surface area contributed by atoms with Gasteiger partial charge in [0.2, 0.25) is 0 Å². The molecule has 1 saturated heterocycles. The zero-order valence-electron chi connectivity index (χ0n) is 14.7. The molecule has 4 heterocycles. The van der Waals surface area contributed by atoms with Gasteiger partial charge in [0.25, 0.3) is 17.4 Å². The highest BCUT2D eigenvalue weighted by Gasteiger charge is 2.36. The van der Waals surface area contributed by atoms with Gasteiger partial charge in [-0.15, -0.1) is 0 Å². The number of hydrogen-bond acceptors (Lipinski definition) is 4. The quantitative estimate of drug-likeness (QED) is 0.829. The van der Waals surface area contributed by atoms with Crippen LogP contribution in [0.1, 0.15) is 28.4 Å². The fourth-order valence-electron chi connectivity index (χ4n) is 4.45. The molecule has 0 aliphatic carbocycles. The second-order valence-electron chi connectivity index (χ2n) is 7.46. The summed E-state index contributed by atoms with van der Waals surface area (Å²) in [6.45, 7) is 1.87. The number of piperidine rings is 1. The number of amides is 2. The number of carbonyl (C=O) groups excluding carboxylic acids is 2. The van der Waals surface area contributed by atoms with E-state index in [-0.39, 0.29) is 35.8 Å². The summed E-state index contributed by atoms with van der Waals surface area (Å²) >= 11 is 0. The number of fused-ring (bicyclic) bond motifs is 5. The Balaban J connectivity index is 1.41. The number of anilines is 1. The van der Waals surface area contributed by atoms with Crippen LogP contribution in [-0.2, 0) is 11.3 Å². The van der Waals surface area contributed by atoms with E-state index >= 15 is 0 Å². The molecule has 0 radical (unpaired) electrons. The summed E-state index contributed by atoms with van der Waals surface area (Å²) in [5.41, 5.74) is 2.20. The Morgan fingerprint density at radius 1 is 1.11 bits per heavy atom. The van der Waals surface area contributed by atoms with Crippen LogP contribution in [-0.4, -0.2) is 41.0 Å². The molecule has 2 bridgehead atoms. The first-order valence-corrected chi connectivity index (χ1v) is 9.14. The maximum Gasteiger partial charge on any atom is 0.262 e. The third kappa shape index (κ3) is 2.70. The SMILES string of the molecule is O=C1COc2cc(C(=O)N3C[C@@H]4C[C@H](C3)c3cccc(=O)n3C4)ccc2N1. The minimum atomic E-state index is -0.195. The molecule has 7 heteroatoms. The van der Waals surface area contributed by atoms with E-state index in [4.69, 9.17) is 4.74 Å². The van der Waals surface area contributed by atoms with Crippen LogP contribution < -0.4 is 15.6 Å². The molecule has 2 atom stereocenters. The second-order valence-corrected chi connectivity index (χ2v) is 7.46. The average Bonchev–Trinajstić information content (AvgIpc) is 2.68. The lowest BCUT2D eigenvalue weighted by atomic mass is 9.83. The first-order valence-electron chi connectivity index (χ1n) is 9.14. The van der Waals surface area contributed by atoms with Gasteiger partial charge in [-0.1, -0.05) is 6.07 Å². The molecule has 1 aromatic carbocycles. The van der Waals surface area contributed by atoms with E-state index in [1.165, 1.54) is 0 Å². The lowest BCUT2D eigenvalue weighted by Crippen LogP contribution is -2.49. The lowest BCUT2D eigenvalue weighted by Gasteiger charge is -2.42. The van der Waals surface area contributed by atoms with Gasteiger partial charge in [-0.2, -0.15) is 0 Å². The van der Waals surface area contributed by atoms with E-state index in [1.807, 2.05) is 15.5 Å². The highest BCUT2D eigenvalue weighted by Crippen LogP contribution is 2.36. The number of ether oxygens (including phenoxy) is 1. The fourth-order valence-corrected chi connectivity index (χ4v) is 4.45. The summed E-state index contributed by atoms with van der Waals surface area (Å²) < 4.78 is 7.28. The summed E-state index contributed by atoms with van der Waals surface area (Å²) in [6, 6.07) is 10.5. The Bertz CT molecular complexity index is 1010. The third-order valence-corrected chi connectivity index (χ3v) is 5.63. The van der Waals surface area contributed by atoms with Crippen molar-refractivity contribution in [1.29, 1.82) is 0 Å². The van der Waals surface area contributed by atoms with Crippen LogP contribution in [0.3, 0.4) is 0 Å². The van der Waals surface area contributed by atoms with Crippen molar-refractivity contribution in [2.45, 2.75) is 18.9 Å². The van der Waals surface area contributed by atoms with Crippen molar-refractivity contribution in [3.63, 3.8) is 0 Å². The Morgan fingerprint density at radius 3 is 2.89 bits per heavy atom. The molecule has 3 aliphatic rings. The summed E-state index contributed by atoms with van der Waals surface area (Å²) in [4.78, 5) is 38.5. The van der Waals surface area contributed by atoms with E-state index in [0.717, 1.165) is 12.1 Å². The molecule has 0 spiro atoms. The number of likely N-dealkylation sites (tertiary alicyclic amines) is 1. The zero-order valence-corrected chi connectivity index (χ0v) is 14.7. The smallest absolute Gasteiger partial charge is 0.262 e. The number of rotatable bonds is 1. The van der Waals surface area contributed by atoms with Gasteiger partial charge in [0.1, 0.15) is 5.75 Å². The van der Waals surface area contributed by atoms with E-state index in [0.29, 0.717) is 36.6 Å². The molecule has 0 unspecified atom stereocenters. The molecular weight excluding hydrogens is 346 g/mol. The van der Waals surface area contributed by atoms with Gasteiger partial charge < -0.3 is 19.5 Å². The largest absolute Gasteiger partial charge is 0.482 e. The molecule has 1 aromatic heterocycles. The molecule has 1 N–H and O–H groups in total. The van der Waals surface area contributed by atoms with E-state index in [9.17, 15) is 14.4 Å². The van der Waals surface area contributed by atoms with Crippen LogP contribution in [0.2, 0.25) is 0 Å². The van der Waals surface area contributed by atoms with Crippen molar-refractivity contribution in [2.24, 2.45) is 5.92 Å². The Hall–Kier alpha value is -3.09. The molecular formula is C20H19N3O4. The van der Waals surface area contributed by atoms with Crippen LogP contribution in [0.25, 0.3) is 0 Å². The van der Waals surface area contributed by atoms with Crippen LogP contribution >= 0.6 is 0 Å². The van der Waals surface area contributed by atoms with Gasteiger partial charge in [0.15, 0.2) is 6.61 Å². The monoisotopic (exact) mass is 365 g/mol. The fraction of sp³-hybridized carbons (Fsp3) is 0.350. The van der Waals surface area contributed by atoms with E-state index < -0.39 is 0 Å². The van der Waals surface area contributed by atoms with Gasteiger partial charge in [-0.05, 0) is 36.6 Å². The molecule has 0 saturated carbocycles. The average molecular weight is 365 g/mol. The molecule has 2 aromatic rings. The van der Waals surface area contributed by atoms with E-state index in [2.05, 4.69) is 5.32 Å². The summed E-state index contributed by atoms with van der Waals surface area (Å²) in [6.07, 6.45) is 1.01. The van der Waals surface area contributed by atoms with E-state index in [1.54, 1.807) is 30.3 Å². The van der Waals surface area contributed by atoms with Crippen molar-refractivity contribution in [2.75, 3.05) is 25.0 Å². The highest BCUT2D eigenvalue weighted by molar-refractivity contribution is 5.99. The number of aromatic nitrogens is 1. The summed E-state index contributed by atoms with van der Waals surface area (Å²) in [5.74, 6) is 0.755. The van der Waals surface area contributed by atoms with Gasteiger partial charge in [0.05, 0.1) is 5.69 Å². The Morgan fingerprint density at radius 2 is 2.00 bits per heavy atom. The van der Waals surface area contributed by atoms with Crippen molar-refractivity contribution < 1.29 is 14.3 Å². The van der Waals surface area contributed by atoms with Gasteiger partial charge in [-0.25, -0.2) is 0 Å². The molecule has 2 amide bonds. The first kappa shape index (κ1) is 16.1. The maximum absolute atomic E-state index is 13.1. The maximum atomic E-state index is 13.1. The zero-order chi connectivity index (χ0) is 18.5. The molecule has 138 valence electrons. The van der Waals surface area contributed by atoms with Crippen LogP contribution in [0, 0.1) is 5.92 Å². The number of nitrogens with one attached hydrogen (secondary N) is 1. The number of nitrogens with zero attached hydrogens (tertiary/aromatic N) is 2. The van der Waals surface area contributed by atoms with Crippen LogP contribution in [0.5, 0.6) is 5.75 Å². The second kappa shape index (κ2) is 5.97. The predicted octanol–water partition coefficient (Wildman–Crippen LogP) is 1.44. The van der Waals surface area contributed by atoms with Crippen LogP contribution in [0.15, 0.2) is 41.2 Å².